The fourth-order valence-corrected chi connectivity index (χ4v) is 3.92. The van der Waals surface area contributed by atoms with Crippen molar-refractivity contribution in [1.82, 2.24) is 19.9 Å². The zero-order chi connectivity index (χ0) is 20.2. The third kappa shape index (κ3) is 4.70. The van der Waals surface area contributed by atoms with E-state index in [2.05, 4.69) is 25.2 Å². The minimum Gasteiger partial charge on any atom is -0.353 e. The molecule has 4 rings (SSSR count). The first kappa shape index (κ1) is 19.3. The SMILES string of the molecule is Cc1ccnc(Nc2cc(N3CCN(C(=O)C4CCC(=O)CC4)CC3)ncn2)c1. The van der Waals surface area contributed by atoms with E-state index in [4.69, 9.17) is 0 Å². The van der Waals surface area contributed by atoms with Crippen molar-refractivity contribution < 1.29 is 9.59 Å². The maximum absolute atomic E-state index is 12.7. The summed E-state index contributed by atoms with van der Waals surface area (Å²) in [5, 5.41) is 3.22. The predicted molar refractivity (Wildman–Crippen MR) is 110 cm³/mol. The quantitative estimate of drug-likeness (QED) is 0.851. The van der Waals surface area contributed by atoms with Crippen LogP contribution in [0.5, 0.6) is 0 Å². The van der Waals surface area contributed by atoms with E-state index < -0.39 is 0 Å². The summed E-state index contributed by atoms with van der Waals surface area (Å²) in [5.74, 6) is 2.77. The molecule has 3 heterocycles. The Balaban J connectivity index is 1.35. The molecule has 2 fully saturated rings. The molecule has 1 N–H and O–H groups in total. The van der Waals surface area contributed by atoms with Gasteiger partial charge in [-0.15, -0.1) is 0 Å². The summed E-state index contributed by atoms with van der Waals surface area (Å²) in [6, 6.07) is 5.82. The van der Waals surface area contributed by atoms with Crippen LogP contribution >= 0.6 is 0 Å². The Labute approximate surface area is 170 Å². The van der Waals surface area contributed by atoms with Crippen LogP contribution in [0.1, 0.15) is 31.2 Å². The van der Waals surface area contributed by atoms with E-state index in [9.17, 15) is 9.59 Å². The number of aryl methyl sites for hydroxylation is 1. The topological polar surface area (TPSA) is 91.3 Å². The summed E-state index contributed by atoms with van der Waals surface area (Å²) in [6.45, 7) is 4.84. The van der Waals surface area contributed by atoms with E-state index in [1.807, 2.05) is 30.0 Å². The molecule has 0 spiro atoms. The van der Waals surface area contributed by atoms with Crippen LogP contribution in [0, 0.1) is 12.8 Å². The number of carbonyl (C=O) groups excluding carboxylic acids is 2. The fourth-order valence-electron chi connectivity index (χ4n) is 3.92. The minimum atomic E-state index is 0.0101. The lowest BCUT2D eigenvalue weighted by molar-refractivity contribution is -0.137. The van der Waals surface area contributed by atoms with Gasteiger partial charge in [0.25, 0.3) is 0 Å². The molecule has 1 aliphatic carbocycles. The Morgan fingerprint density at radius 3 is 2.48 bits per heavy atom. The molecule has 2 aliphatic rings. The van der Waals surface area contributed by atoms with E-state index >= 15 is 0 Å². The van der Waals surface area contributed by atoms with Crippen molar-refractivity contribution in [3.05, 3.63) is 36.3 Å². The van der Waals surface area contributed by atoms with Gasteiger partial charge in [-0.25, -0.2) is 15.0 Å². The van der Waals surface area contributed by atoms with Crippen LogP contribution in [0.2, 0.25) is 0 Å². The second kappa shape index (κ2) is 8.55. The molecule has 2 aromatic rings. The Hall–Kier alpha value is -3.03. The number of amides is 1. The third-order valence-corrected chi connectivity index (χ3v) is 5.63. The van der Waals surface area contributed by atoms with E-state index in [-0.39, 0.29) is 17.6 Å². The van der Waals surface area contributed by atoms with Crippen molar-refractivity contribution in [3.63, 3.8) is 0 Å². The van der Waals surface area contributed by atoms with Gasteiger partial charge in [-0.2, -0.15) is 0 Å². The van der Waals surface area contributed by atoms with Crippen LogP contribution in [0.25, 0.3) is 0 Å². The second-order valence-electron chi connectivity index (χ2n) is 7.73. The molecule has 0 atom stereocenters. The summed E-state index contributed by atoms with van der Waals surface area (Å²) in [6.07, 6.45) is 5.80. The first-order valence-corrected chi connectivity index (χ1v) is 10.2. The Kier molecular flexibility index (Phi) is 5.69. The highest BCUT2D eigenvalue weighted by Crippen LogP contribution is 2.25. The standard InChI is InChI=1S/C21H26N6O2/c1-15-6-7-22-18(12-15)25-19-13-20(24-14-23-19)26-8-10-27(11-9-26)21(29)16-2-4-17(28)5-3-16/h6-7,12-14,16H,2-5,8-11H2,1H3,(H,22,23,24,25). The van der Waals surface area contributed by atoms with Gasteiger partial charge in [0.15, 0.2) is 0 Å². The summed E-state index contributed by atoms with van der Waals surface area (Å²) < 4.78 is 0. The van der Waals surface area contributed by atoms with Gasteiger partial charge < -0.3 is 15.1 Å². The number of Topliss-reactive ketones (excluding diaryl/α,β-unsaturated/α-hetero) is 1. The van der Waals surface area contributed by atoms with Gasteiger partial charge in [0.1, 0.15) is 29.6 Å². The number of pyridine rings is 1. The zero-order valence-corrected chi connectivity index (χ0v) is 16.7. The number of hydrogen-bond donors (Lipinski definition) is 1. The fraction of sp³-hybridized carbons (Fsp3) is 0.476. The maximum Gasteiger partial charge on any atom is 0.225 e. The summed E-state index contributed by atoms with van der Waals surface area (Å²) in [4.78, 5) is 41.3. The molecule has 8 nitrogen and oxygen atoms in total. The number of ketones is 1. The number of aromatic nitrogens is 3. The highest BCUT2D eigenvalue weighted by atomic mass is 16.2. The third-order valence-electron chi connectivity index (χ3n) is 5.63. The van der Waals surface area contributed by atoms with E-state index in [1.54, 1.807) is 12.5 Å². The van der Waals surface area contributed by atoms with Crippen LogP contribution in [0.4, 0.5) is 17.5 Å². The number of nitrogens with zero attached hydrogens (tertiary/aromatic N) is 5. The normalized spacial score (nSPS) is 18.0. The van der Waals surface area contributed by atoms with Gasteiger partial charge in [0.05, 0.1) is 0 Å². The van der Waals surface area contributed by atoms with E-state index in [0.717, 1.165) is 30.3 Å². The number of carbonyl (C=O) groups is 2. The second-order valence-corrected chi connectivity index (χ2v) is 7.73. The van der Waals surface area contributed by atoms with Crippen molar-refractivity contribution in [2.45, 2.75) is 32.6 Å². The average Bonchev–Trinajstić information content (AvgIpc) is 2.74. The molecule has 1 amide bonds. The largest absolute Gasteiger partial charge is 0.353 e. The van der Waals surface area contributed by atoms with Crippen molar-refractivity contribution in [2.24, 2.45) is 5.92 Å². The van der Waals surface area contributed by atoms with Crippen molar-refractivity contribution in [1.29, 1.82) is 0 Å². The molecule has 8 heteroatoms. The smallest absolute Gasteiger partial charge is 0.225 e. The minimum absolute atomic E-state index is 0.0101. The van der Waals surface area contributed by atoms with Crippen molar-refractivity contribution in [2.75, 3.05) is 36.4 Å². The van der Waals surface area contributed by atoms with Gasteiger partial charge in [-0.05, 0) is 37.5 Å². The molecule has 1 saturated heterocycles. The van der Waals surface area contributed by atoms with Crippen LogP contribution in [-0.2, 0) is 9.59 Å². The van der Waals surface area contributed by atoms with Gasteiger partial charge in [0.2, 0.25) is 5.91 Å². The molecule has 0 unspecified atom stereocenters. The molecule has 29 heavy (non-hydrogen) atoms. The molecule has 2 aromatic heterocycles. The highest BCUT2D eigenvalue weighted by molar-refractivity contribution is 5.84. The lowest BCUT2D eigenvalue weighted by Crippen LogP contribution is -2.51. The monoisotopic (exact) mass is 394 g/mol. The van der Waals surface area contributed by atoms with Crippen LogP contribution in [-0.4, -0.2) is 57.7 Å². The zero-order valence-electron chi connectivity index (χ0n) is 16.7. The first-order valence-electron chi connectivity index (χ1n) is 10.2. The number of piperazine rings is 1. The number of nitrogens with one attached hydrogen (secondary N) is 1. The van der Waals surface area contributed by atoms with E-state index in [1.165, 1.54) is 0 Å². The Morgan fingerprint density at radius 1 is 1.03 bits per heavy atom. The molecule has 0 aromatic carbocycles. The number of rotatable bonds is 4. The number of anilines is 3. The molecular weight excluding hydrogens is 368 g/mol. The maximum atomic E-state index is 12.7. The molecule has 0 radical (unpaired) electrons. The lowest BCUT2D eigenvalue weighted by atomic mass is 9.87. The van der Waals surface area contributed by atoms with Gasteiger partial charge in [-0.1, -0.05) is 0 Å². The number of hydrogen-bond acceptors (Lipinski definition) is 7. The molecular formula is C21H26N6O2. The predicted octanol–water partition coefficient (Wildman–Crippen LogP) is 2.33. The van der Waals surface area contributed by atoms with Crippen molar-refractivity contribution in [3.8, 4) is 0 Å². The first-order chi connectivity index (χ1) is 14.1. The Bertz CT molecular complexity index is 884. The average molecular weight is 394 g/mol. The highest BCUT2D eigenvalue weighted by Gasteiger charge is 2.30. The van der Waals surface area contributed by atoms with Crippen LogP contribution in [0.3, 0.4) is 0 Å². The van der Waals surface area contributed by atoms with Crippen LogP contribution in [0.15, 0.2) is 30.7 Å². The lowest BCUT2D eigenvalue weighted by Gasteiger charge is -2.37. The Morgan fingerprint density at radius 2 is 1.76 bits per heavy atom. The van der Waals surface area contributed by atoms with Gasteiger partial charge in [0, 0.05) is 57.2 Å². The summed E-state index contributed by atoms with van der Waals surface area (Å²) in [7, 11) is 0. The molecule has 1 aliphatic heterocycles. The van der Waals surface area contributed by atoms with Gasteiger partial charge >= 0.3 is 0 Å². The van der Waals surface area contributed by atoms with E-state index in [0.29, 0.717) is 44.6 Å². The summed E-state index contributed by atoms with van der Waals surface area (Å²) >= 11 is 0. The molecule has 152 valence electrons. The molecule has 1 saturated carbocycles. The summed E-state index contributed by atoms with van der Waals surface area (Å²) in [5.41, 5.74) is 1.12. The van der Waals surface area contributed by atoms with Crippen LogP contribution < -0.4 is 10.2 Å². The molecule has 0 bridgehead atoms. The van der Waals surface area contributed by atoms with Gasteiger partial charge in [-0.3, -0.25) is 9.59 Å². The van der Waals surface area contributed by atoms with Crippen molar-refractivity contribution >= 4 is 29.1 Å².